The number of aliphatic hydroxyl groups is 7. The molecule has 0 radical (unpaired) electrons. The van der Waals surface area contributed by atoms with Crippen molar-refractivity contribution in [3.63, 3.8) is 0 Å². The van der Waals surface area contributed by atoms with Crippen molar-refractivity contribution < 1.29 is 69.0 Å². The van der Waals surface area contributed by atoms with Gasteiger partial charge in [0.2, 0.25) is 0 Å². The fourth-order valence-corrected chi connectivity index (χ4v) is 7.90. The summed E-state index contributed by atoms with van der Waals surface area (Å²) in [7, 11) is 0. The Morgan fingerprint density at radius 3 is 1.49 bits per heavy atom. The summed E-state index contributed by atoms with van der Waals surface area (Å²) in [5.74, 6) is -0.435. The molecule has 14 nitrogen and oxygen atoms in total. The van der Waals surface area contributed by atoms with Crippen LogP contribution in [0.15, 0.2) is 72.9 Å². The van der Waals surface area contributed by atoms with E-state index in [-0.39, 0.29) is 19.6 Å². The predicted molar refractivity (Wildman–Crippen MR) is 270 cm³/mol. The first-order valence-corrected chi connectivity index (χ1v) is 26.5. The lowest BCUT2D eigenvalue weighted by atomic mass is 9.98. The second-order valence-corrected chi connectivity index (χ2v) is 18.3. The molecule has 0 bridgehead atoms. The van der Waals surface area contributed by atoms with Crippen LogP contribution in [0.1, 0.15) is 168 Å². The van der Waals surface area contributed by atoms with Gasteiger partial charge in [-0.25, -0.2) is 0 Å². The lowest BCUT2D eigenvalue weighted by Crippen LogP contribution is -2.61. The largest absolute Gasteiger partial charge is 0.457 e. The van der Waals surface area contributed by atoms with Gasteiger partial charge in [-0.1, -0.05) is 157 Å². The van der Waals surface area contributed by atoms with E-state index in [0.717, 1.165) is 51.4 Å². The van der Waals surface area contributed by atoms with Crippen LogP contribution in [-0.4, -0.2) is 142 Å². The Morgan fingerprint density at radius 1 is 0.493 bits per heavy atom. The van der Waals surface area contributed by atoms with E-state index in [1.807, 2.05) is 6.08 Å². The second kappa shape index (κ2) is 42.0. The SMILES string of the molecule is CC/C=C\C/C=C\C/C=C\C/C=C\C/C=C\CCCC(=O)OC(COCCCCCCCCCC/C=C\CCCCCCCC)COC1OC(COC2OC(CO)C(O)C(O)C2O)C(O)C(O)C1O. The van der Waals surface area contributed by atoms with Gasteiger partial charge in [-0.3, -0.25) is 4.79 Å². The number of aliphatic hydroxyl groups excluding tert-OH is 7. The van der Waals surface area contributed by atoms with Gasteiger partial charge in [0.25, 0.3) is 0 Å². The van der Waals surface area contributed by atoms with E-state index in [0.29, 0.717) is 19.4 Å². The summed E-state index contributed by atoms with van der Waals surface area (Å²) < 4.78 is 34.2. The number of carbonyl (C=O) groups excluding carboxylic acids is 1. The Hall–Kier alpha value is -2.57. The molecule has 0 spiro atoms. The van der Waals surface area contributed by atoms with E-state index in [1.165, 1.54) is 83.5 Å². The van der Waals surface area contributed by atoms with Gasteiger partial charge in [0.05, 0.1) is 26.4 Å². The highest BCUT2D eigenvalue weighted by molar-refractivity contribution is 5.69. The Bertz CT molecular complexity index is 1410. The summed E-state index contributed by atoms with van der Waals surface area (Å²) in [6.45, 7) is 3.48. The average Bonchev–Trinajstić information content (AvgIpc) is 3.35. The molecule has 14 heteroatoms. The summed E-state index contributed by atoms with van der Waals surface area (Å²) in [5.41, 5.74) is 0. The third-order valence-electron chi connectivity index (χ3n) is 12.2. The number of carbonyl (C=O) groups is 1. The first kappa shape index (κ1) is 62.5. The molecule has 2 fully saturated rings. The quantitative estimate of drug-likeness (QED) is 0.0175. The number of hydrogen-bond acceptors (Lipinski definition) is 14. The molecule has 0 amide bonds. The Morgan fingerprint density at radius 2 is 0.942 bits per heavy atom. The molecule has 2 aliphatic heterocycles. The summed E-state index contributed by atoms with van der Waals surface area (Å²) in [6, 6.07) is 0. The van der Waals surface area contributed by atoms with Gasteiger partial charge in [-0.2, -0.15) is 0 Å². The van der Waals surface area contributed by atoms with E-state index >= 15 is 0 Å². The van der Waals surface area contributed by atoms with Gasteiger partial charge in [0.1, 0.15) is 54.9 Å². The van der Waals surface area contributed by atoms with Crippen molar-refractivity contribution in [1.82, 2.24) is 0 Å². The molecular formula is C55H94O14. The van der Waals surface area contributed by atoms with Gasteiger partial charge >= 0.3 is 5.97 Å². The molecule has 398 valence electrons. The smallest absolute Gasteiger partial charge is 0.306 e. The minimum absolute atomic E-state index is 0.0333. The molecule has 69 heavy (non-hydrogen) atoms. The highest BCUT2D eigenvalue weighted by Crippen LogP contribution is 2.26. The fraction of sp³-hybridized carbons (Fsp3) is 0.764. The van der Waals surface area contributed by atoms with Crippen LogP contribution in [-0.2, 0) is 33.2 Å². The molecule has 0 aromatic rings. The first-order chi connectivity index (χ1) is 33.6. The average molecular weight is 979 g/mol. The summed E-state index contributed by atoms with van der Waals surface area (Å²) >= 11 is 0. The summed E-state index contributed by atoms with van der Waals surface area (Å²) in [6.07, 6.45) is 35.4. The highest BCUT2D eigenvalue weighted by atomic mass is 16.7. The molecule has 2 saturated heterocycles. The Kier molecular flexibility index (Phi) is 38.1. The first-order valence-electron chi connectivity index (χ1n) is 26.5. The number of rotatable bonds is 41. The van der Waals surface area contributed by atoms with Crippen LogP contribution in [0.25, 0.3) is 0 Å². The van der Waals surface area contributed by atoms with Crippen LogP contribution in [0.5, 0.6) is 0 Å². The minimum Gasteiger partial charge on any atom is -0.457 e. The van der Waals surface area contributed by atoms with Gasteiger partial charge < -0.3 is 64.2 Å². The van der Waals surface area contributed by atoms with E-state index in [2.05, 4.69) is 80.7 Å². The van der Waals surface area contributed by atoms with Gasteiger partial charge in [0.15, 0.2) is 12.6 Å². The van der Waals surface area contributed by atoms with E-state index in [1.54, 1.807) is 0 Å². The molecule has 0 aromatic carbocycles. The van der Waals surface area contributed by atoms with Crippen molar-refractivity contribution in [2.75, 3.05) is 33.0 Å². The van der Waals surface area contributed by atoms with Crippen molar-refractivity contribution in [2.45, 2.75) is 235 Å². The fourth-order valence-electron chi connectivity index (χ4n) is 7.90. The molecule has 11 atom stereocenters. The van der Waals surface area contributed by atoms with Crippen LogP contribution in [0, 0.1) is 0 Å². The van der Waals surface area contributed by atoms with Crippen LogP contribution >= 0.6 is 0 Å². The molecule has 11 unspecified atom stereocenters. The number of esters is 1. The van der Waals surface area contributed by atoms with Crippen molar-refractivity contribution in [3.05, 3.63) is 72.9 Å². The topological polar surface area (TPSA) is 214 Å². The summed E-state index contributed by atoms with van der Waals surface area (Å²) in [4.78, 5) is 13.0. The maximum atomic E-state index is 13.0. The third-order valence-corrected chi connectivity index (χ3v) is 12.2. The van der Waals surface area contributed by atoms with Crippen molar-refractivity contribution in [1.29, 1.82) is 0 Å². The van der Waals surface area contributed by atoms with Gasteiger partial charge in [-0.05, 0) is 77.0 Å². The van der Waals surface area contributed by atoms with Crippen molar-refractivity contribution >= 4 is 5.97 Å². The van der Waals surface area contributed by atoms with Crippen LogP contribution in [0.2, 0.25) is 0 Å². The van der Waals surface area contributed by atoms with Gasteiger partial charge in [0, 0.05) is 13.0 Å². The Balaban J connectivity index is 1.79. The molecule has 0 saturated carbocycles. The van der Waals surface area contributed by atoms with E-state index < -0.39 is 86.7 Å². The highest BCUT2D eigenvalue weighted by Gasteiger charge is 2.47. The van der Waals surface area contributed by atoms with Crippen molar-refractivity contribution in [3.8, 4) is 0 Å². The molecular weight excluding hydrogens is 885 g/mol. The zero-order valence-electron chi connectivity index (χ0n) is 42.3. The normalized spacial score (nSPS) is 26.3. The van der Waals surface area contributed by atoms with Crippen molar-refractivity contribution in [2.24, 2.45) is 0 Å². The van der Waals surface area contributed by atoms with Crippen LogP contribution < -0.4 is 0 Å². The zero-order valence-corrected chi connectivity index (χ0v) is 42.3. The molecule has 7 N–H and O–H groups in total. The molecule has 2 rings (SSSR count). The number of hydrogen-bond donors (Lipinski definition) is 7. The minimum atomic E-state index is -1.72. The zero-order chi connectivity index (χ0) is 50.2. The van der Waals surface area contributed by atoms with E-state index in [9.17, 15) is 40.5 Å². The lowest BCUT2D eigenvalue weighted by Gasteiger charge is -2.42. The third kappa shape index (κ3) is 29.5. The van der Waals surface area contributed by atoms with E-state index in [4.69, 9.17) is 28.4 Å². The molecule has 2 heterocycles. The second-order valence-electron chi connectivity index (χ2n) is 18.3. The summed E-state index contributed by atoms with van der Waals surface area (Å²) in [5, 5.41) is 72.2. The van der Waals surface area contributed by atoms with Crippen LogP contribution in [0.3, 0.4) is 0 Å². The molecule has 2 aliphatic rings. The Labute approximate surface area is 415 Å². The lowest BCUT2D eigenvalue weighted by molar-refractivity contribution is -0.332. The van der Waals surface area contributed by atoms with Gasteiger partial charge in [-0.15, -0.1) is 0 Å². The monoisotopic (exact) mass is 979 g/mol. The number of allylic oxidation sites excluding steroid dienone is 12. The molecule has 0 aliphatic carbocycles. The van der Waals surface area contributed by atoms with Crippen LogP contribution in [0.4, 0.5) is 0 Å². The maximum Gasteiger partial charge on any atom is 0.306 e. The molecule has 0 aromatic heterocycles. The number of unbranched alkanes of at least 4 members (excludes halogenated alkanes) is 15. The standard InChI is InChI=1S/C55H94O14/c1-3-5-7-9-11-13-15-17-19-21-23-25-27-29-31-33-35-37-39-64-41-44(67-47(57)38-36-34-32-30-28-26-24-22-20-18-16-14-12-10-8-6-4-2)42-65-54-53(63)51(61)49(59)46(69-54)43-66-55-52(62)50(60)48(58)45(40-56)68-55/h6,8,12,14,17-20,24,26,30,32,44-46,48-56,58-63H,3-5,7,9-11,13,15-16,21-23,25,27-29,31,33-43H2,1-2H3/b8-6-,14-12-,19-17-,20-18-,26-24-,32-30-. The predicted octanol–water partition coefficient (Wildman–Crippen LogP) is 8.29. The number of ether oxygens (including phenoxy) is 6. The maximum absolute atomic E-state index is 13.0.